The molecule has 1 N–H and O–H groups in total. The van der Waals surface area contributed by atoms with Crippen LogP contribution in [0.2, 0.25) is 0 Å². The van der Waals surface area contributed by atoms with E-state index >= 15 is 0 Å². The van der Waals surface area contributed by atoms with Crippen LogP contribution in [-0.4, -0.2) is 73.1 Å². The number of morpholine rings is 1. The third kappa shape index (κ3) is 6.31. The van der Waals surface area contributed by atoms with Gasteiger partial charge in [0.2, 0.25) is 10.0 Å². The molecule has 0 unspecified atom stereocenters. The van der Waals surface area contributed by atoms with Crippen molar-refractivity contribution in [1.82, 2.24) is 10.2 Å². The summed E-state index contributed by atoms with van der Waals surface area (Å²) in [6, 6.07) is 5.62. The first kappa shape index (κ1) is 22.0. The minimum Gasteiger partial charge on any atom is -0.495 e. The van der Waals surface area contributed by atoms with Crippen LogP contribution >= 0.6 is 12.4 Å². The zero-order valence-electron chi connectivity index (χ0n) is 15.0. The maximum absolute atomic E-state index is 12.4. The lowest BCUT2D eigenvalue weighted by Crippen LogP contribution is -2.43. The lowest BCUT2D eigenvalue weighted by Gasteiger charge is -2.30. The molecule has 1 aliphatic heterocycles. The number of halogens is 1. The Bertz CT molecular complexity index is 636. The van der Waals surface area contributed by atoms with E-state index in [0.29, 0.717) is 44.3 Å². The zero-order valence-corrected chi connectivity index (χ0v) is 16.7. The van der Waals surface area contributed by atoms with Crippen molar-refractivity contribution < 1.29 is 17.9 Å². The fourth-order valence-corrected chi connectivity index (χ4v) is 3.68. The predicted octanol–water partition coefficient (Wildman–Crippen LogP) is 0.935. The number of hydrogen-bond donors (Lipinski definition) is 1. The van der Waals surface area contributed by atoms with E-state index < -0.39 is 10.0 Å². The van der Waals surface area contributed by atoms with Crippen molar-refractivity contribution in [2.45, 2.75) is 6.54 Å². The minimum atomic E-state index is -3.41. The molecule has 1 saturated heterocycles. The number of methoxy groups -OCH3 is 1. The van der Waals surface area contributed by atoms with Crippen molar-refractivity contribution in [2.75, 3.05) is 64.1 Å². The maximum Gasteiger partial charge on any atom is 0.232 e. The van der Waals surface area contributed by atoms with Gasteiger partial charge in [0.05, 0.1) is 32.3 Å². The highest BCUT2D eigenvalue weighted by Gasteiger charge is 2.23. The summed E-state index contributed by atoms with van der Waals surface area (Å²) in [5, 5.41) is 3.08. The van der Waals surface area contributed by atoms with E-state index in [1.54, 1.807) is 7.11 Å². The molecule has 0 saturated carbocycles. The number of ether oxygens (including phenoxy) is 2. The van der Waals surface area contributed by atoms with Crippen LogP contribution in [0.4, 0.5) is 5.69 Å². The molecule has 1 aliphatic rings. The summed E-state index contributed by atoms with van der Waals surface area (Å²) in [6.45, 7) is 4.76. The second kappa shape index (κ2) is 10.2. The average molecular weight is 394 g/mol. The number of nitrogens with one attached hydrogen (secondary N) is 1. The van der Waals surface area contributed by atoms with Gasteiger partial charge < -0.3 is 14.8 Å². The molecule has 1 fully saturated rings. The van der Waals surface area contributed by atoms with Crippen molar-refractivity contribution in [3.63, 3.8) is 0 Å². The summed E-state index contributed by atoms with van der Waals surface area (Å²) >= 11 is 0. The number of hydrogen-bond acceptors (Lipinski definition) is 6. The molecule has 2 rings (SSSR count). The van der Waals surface area contributed by atoms with Gasteiger partial charge in [0, 0.05) is 32.7 Å². The van der Waals surface area contributed by atoms with Crippen LogP contribution in [0.3, 0.4) is 0 Å². The first-order chi connectivity index (χ1) is 11.5. The van der Waals surface area contributed by atoms with Crippen LogP contribution in [0, 0.1) is 0 Å². The Balaban J connectivity index is 0.00000312. The first-order valence-corrected chi connectivity index (χ1v) is 9.90. The molecule has 0 aromatic heterocycles. The number of sulfonamides is 1. The molecule has 7 nitrogen and oxygen atoms in total. The van der Waals surface area contributed by atoms with Gasteiger partial charge >= 0.3 is 0 Å². The van der Waals surface area contributed by atoms with Gasteiger partial charge in [0.25, 0.3) is 0 Å². The highest BCUT2D eigenvalue weighted by atomic mass is 35.5. The van der Waals surface area contributed by atoms with Gasteiger partial charge in [-0.3, -0.25) is 9.21 Å². The van der Waals surface area contributed by atoms with Crippen LogP contribution in [-0.2, 0) is 21.3 Å². The molecule has 0 radical (unpaired) electrons. The topological polar surface area (TPSA) is 71.1 Å². The van der Waals surface area contributed by atoms with Gasteiger partial charge in [-0.1, -0.05) is 6.07 Å². The van der Waals surface area contributed by atoms with Crippen LogP contribution < -0.4 is 14.4 Å². The van der Waals surface area contributed by atoms with Gasteiger partial charge in [-0.25, -0.2) is 8.42 Å². The minimum absolute atomic E-state index is 0. The van der Waals surface area contributed by atoms with Crippen molar-refractivity contribution >= 4 is 28.1 Å². The van der Waals surface area contributed by atoms with E-state index in [1.807, 2.05) is 25.2 Å². The van der Waals surface area contributed by atoms with Gasteiger partial charge in [0.1, 0.15) is 5.75 Å². The summed E-state index contributed by atoms with van der Waals surface area (Å²) < 4.78 is 36.9. The molecular weight excluding hydrogens is 366 g/mol. The fourth-order valence-electron chi connectivity index (χ4n) is 2.77. The number of nitrogens with zero attached hydrogens (tertiary/aromatic N) is 2. The Hall–Kier alpha value is -1.06. The third-order valence-corrected chi connectivity index (χ3v) is 5.20. The fraction of sp³-hybridized carbons (Fsp3) is 0.625. The van der Waals surface area contributed by atoms with E-state index in [4.69, 9.17) is 9.47 Å². The molecule has 0 amide bonds. The molecule has 9 heteroatoms. The second-order valence-electron chi connectivity index (χ2n) is 5.83. The SMILES string of the molecule is CNCc1ccc(OC)c(N(CCN2CCOCC2)S(C)(=O)=O)c1.Cl. The van der Waals surface area contributed by atoms with Crippen molar-refractivity contribution in [3.05, 3.63) is 23.8 Å². The number of benzene rings is 1. The Kier molecular flexibility index (Phi) is 8.95. The van der Waals surface area contributed by atoms with E-state index in [2.05, 4.69) is 10.2 Å². The van der Waals surface area contributed by atoms with Crippen molar-refractivity contribution in [3.8, 4) is 5.75 Å². The largest absolute Gasteiger partial charge is 0.495 e. The quantitative estimate of drug-likeness (QED) is 0.708. The Morgan fingerprint density at radius 2 is 2.00 bits per heavy atom. The molecule has 0 atom stereocenters. The summed E-state index contributed by atoms with van der Waals surface area (Å²) in [7, 11) is 0.00431. The maximum atomic E-state index is 12.4. The first-order valence-electron chi connectivity index (χ1n) is 8.05. The standard InChI is InChI=1S/C16H27N3O4S.ClH/c1-17-13-14-4-5-16(22-2)15(12-14)19(24(3,20)21)7-6-18-8-10-23-11-9-18;/h4-5,12,17H,6-11,13H2,1-3H3;1H. The molecule has 1 aromatic rings. The summed E-state index contributed by atoms with van der Waals surface area (Å²) in [4.78, 5) is 2.21. The van der Waals surface area contributed by atoms with Gasteiger partial charge in [-0.15, -0.1) is 12.4 Å². The summed E-state index contributed by atoms with van der Waals surface area (Å²) in [5.41, 5.74) is 1.59. The van der Waals surface area contributed by atoms with Crippen LogP contribution in [0.1, 0.15) is 5.56 Å². The number of rotatable bonds is 8. The third-order valence-electron chi connectivity index (χ3n) is 4.02. The molecule has 144 valence electrons. The Morgan fingerprint density at radius 1 is 1.32 bits per heavy atom. The predicted molar refractivity (Wildman–Crippen MR) is 102 cm³/mol. The van der Waals surface area contributed by atoms with Crippen LogP contribution in [0.15, 0.2) is 18.2 Å². The molecule has 1 heterocycles. The van der Waals surface area contributed by atoms with E-state index in [0.717, 1.165) is 18.7 Å². The molecule has 1 aromatic carbocycles. The van der Waals surface area contributed by atoms with Gasteiger partial charge in [-0.05, 0) is 24.7 Å². The van der Waals surface area contributed by atoms with Gasteiger partial charge in [-0.2, -0.15) is 0 Å². The van der Waals surface area contributed by atoms with Crippen molar-refractivity contribution in [2.24, 2.45) is 0 Å². The van der Waals surface area contributed by atoms with E-state index in [-0.39, 0.29) is 12.4 Å². The molecule has 0 spiro atoms. The van der Waals surface area contributed by atoms with E-state index in [1.165, 1.54) is 10.6 Å². The number of anilines is 1. The Labute approximate surface area is 156 Å². The zero-order chi connectivity index (χ0) is 17.6. The normalized spacial score (nSPS) is 15.5. The Morgan fingerprint density at radius 3 is 2.56 bits per heavy atom. The van der Waals surface area contributed by atoms with Crippen LogP contribution in [0.25, 0.3) is 0 Å². The molecule has 0 aliphatic carbocycles. The molecular formula is C16H28ClN3O4S. The summed E-state index contributed by atoms with van der Waals surface area (Å²) in [6.07, 6.45) is 1.23. The van der Waals surface area contributed by atoms with E-state index in [9.17, 15) is 8.42 Å². The summed E-state index contributed by atoms with van der Waals surface area (Å²) in [5.74, 6) is 0.558. The van der Waals surface area contributed by atoms with Gasteiger partial charge in [0.15, 0.2) is 0 Å². The van der Waals surface area contributed by atoms with Crippen LogP contribution in [0.5, 0.6) is 5.75 Å². The molecule has 0 bridgehead atoms. The average Bonchev–Trinajstić information content (AvgIpc) is 2.55. The second-order valence-corrected chi connectivity index (χ2v) is 7.73. The lowest BCUT2D eigenvalue weighted by atomic mass is 10.2. The van der Waals surface area contributed by atoms with Crippen molar-refractivity contribution in [1.29, 1.82) is 0 Å². The monoisotopic (exact) mass is 393 g/mol. The highest BCUT2D eigenvalue weighted by molar-refractivity contribution is 7.92. The molecule has 25 heavy (non-hydrogen) atoms. The lowest BCUT2D eigenvalue weighted by molar-refractivity contribution is 0.0395. The smallest absolute Gasteiger partial charge is 0.232 e. The highest BCUT2D eigenvalue weighted by Crippen LogP contribution is 2.31.